The van der Waals surface area contributed by atoms with E-state index >= 15 is 0 Å². The van der Waals surface area contributed by atoms with E-state index in [4.69, 9.17) is 4.74 Å². The Morgan fingerprint density at radius 1 is 1.20 bits per heavy atom. The topological polar surface area (TPSA) is 55.4 Å². The molecule has 0 aromatic heterocycles. The van der Waals surface area contributed by atoms with Crippen molar-refractivity contribution >= 4 is 12.0 Å². The maximum atomic E-state index is 11.4. The maximum Gasteiger partial charge on any atom is 0.415 e. The fourth-order valence-corrected chi connectivity index (χ4v) is 1.73. The van der Waals surface area contributed by atoms with Gasteiger partial charge in [0.05, 0.1) is 0 Å². The summed E-state index contributed by atoms with van der Waals surface area (Å²) in [6.07, 6.45) is 5.63. The third-order valence-electron chi connectivity index (χ3n) is 2.77. The molecule has 1 atom stereocenters. The van der Waals surface area contributed by atoms with Gasteiger partial charge in [-0.05, 0) is 19.8 Å². The number of rotatable bonds is 6. The minimum absolute atomic E-state index is 0.303. The lowest BCUT2D eigenvalue weighted by atomic mass is 9.97. The van der Waals surface area contributed by atoms with E-state index in [-0.39, 0.29) is 5.91 Å². The summed E-state index contributed by atoms with van der Waals surface area (Å²) in [6, 6.07) is 0. The molecule has 0 radical (unpaired) electrons. The third-order valence-corrected chi connectivity index (χ3v) is 2.77. The number of cyclic esters (lactones) is 1. The number of unbranched alkanes of at least 4 members (excludes halogenated alkanes) is 4. The molecule has 4 nitrogen and oxygen atoms in total. The van der Waals surface area contributed by atoms with E-state index in [0.29, 0.717) is 6.42 Å². The molecule has 0 saturated carbocycles. The third kappa shape index (κ3) is 3.22. The highest BCUT2D eigenvalue weighted by molar-refractivity contribution is 6.02. The summed E-state index contributed by atoms with van der Waals surface area (Å²) in [7, 11) is 0. The standard InChI is InChI=1S/C11H19NO3/c1-3-4-5-6-7-8-11(2)9(13)12-10(14)15-11/h3-8H2,1-2H3,(H,12,13,14). The molecule has 1 fully saturated rings. The number of hydrogen-bond acceptors (Lipinski definition) is 3. The van der Waals surface area contributed by atoms with Crippen LogP contribution in [0.4, 0.5) is 4.79 Å². The number of nitrogens with one attached hydrogen (secondary N) is 1. The molecule has 0 aliphatic carbocycles. The summed E-state index contributed by atoms with van der Waals surface area (Å²) in [5, 5.41) is 2.16. The summed E-state index contributed by atoms with van der Waals surface area (Å²) < 4.78 is 4.97. The van der Waals surface area contributed by atoms with Crippen LogP contribution in [0.1, 0.15) is 52.4 Å². The van der Waals surface area contributed by atoms with Crippen molar-refractivity contribution in [3.8, 4) is 0 Å². The first-order valence-electron chi connectivity index (χ1n) is 5.63. The van der Waals surface area contributed by atoms with E-state index in [2.05, 4.69) is 12.2 Å². The maximum absolute atomic E-state index is 11.4. The van der Waals surface area contributed by atoms with Crippen molar-refractivity contribution < 1.29 is 14.3 Å². The van der Waals surface area contributed by atoms with Gasteiger partial charge in [-0.1, -0.05) is 32.6 Å². The van der Waals surface area contributed by atoms with Crippen LogP contribution in [-0.2, 0) is 9.53 Å². The van der Waals surface area contributed by atoms with Gasteiger partial charge >= 0.3 is 6.09 Å². The van der Waals surface area contributed by atoms with Crippen molar-refractivity contribution in [3.63, 3.8) is 0 Å². The smallest absolute Gasteiger partial charge is 0.415 e. The van der Waals surface area contributed by atoms with E-state index < -0.39 is 11.7 Å². The molecule has 2 amide bonds. The minimum atomic E-state index is -0.927. The van der Waals surface area contributed by atoms with Crippen molar-refractivity contribution in [2.75, 3.05) is 0 Å². The van der Waals surface area contributed by atoms with E-state index in [1.54, 1.807) is 6.92 Å². The predicted octanol–water partition coefficient (Wildman–Crippen LogP) is 2.37. The quantitative estimate of drug-likeness (QED) is 0.689. The molecule has 1 unspecified atom stereocenters. The molecule has 86 valence electrons. The molecule has 1 saturated heterocycles. The molecule has 1 aliphatic rings. The van der Waals surface area contributed by atoms with Crippen LogP contribution in [0, 0.1) is 0 Å². The highest BCUT2D eigenvalue weighted by atomic mass is 16.6. The summed E-state index contributed by atoms with van der Waals surface area (Å²) in [5.41, 5.74) is -0.927. The zero-order chi connectivity index (χ0) is 11.3. The molecule has 1 rings (SSSR count). The first-order chi connectivity index (χ1) is 7.08. The van der Waals surface area contributed by atoms with Gasteiger partial charge < -0.3 is 4.74 Å². The lowest BCUT2D eigenvalue weighted by Crippen LogP contribution is -2.35. The Balaban J connectivity index is 2.25. The monoisotopic (exact) mass is 213 g/mol. The molecule has 0 bridgehead atoms. The number of alkyl carbamates (subject to hydrolysis) is 1. The van der Waals surface area contributed by atoms with Crippen LogP contribution in [0.15, 0.2) is 0 Å². The van der Waals surface area contributed by atoms with Crippen LogP contribution in [-0.4, -0.2) is 17.6 Å². The van der Waals surface area contributed by atoms with Crippen molar-refractivity contribution in [1.82, 2.24) is 5.32 Å². The highest BCUT2D eigenvalue weighted by Gasteiger charge is 2.43. The molecule has 1 aliphatic heterocycles. The number of hydrogen-bond donors (Lipinski definition) is 1. The van der Waals surface area contributed by atoms with Crippen LogP contribution < -0.4 is 5.32 Å². The van der Waals surface area contributed by atoms with Crippen molar-refractivity contribution in [2.45, 2.75) is 58.0 Å². The molecule has 0 spiro atoms. The molecular formula is C11H19NO3. The fraction of sp³-hybridized carbons (Fsp3) is 0.818. The predicted molar refractivity (Wildman–Crippen MR) is 56.4 cm³/mol. The van der Waals surface area contributed by atoms with E-state index in [1.807, 2.05) is 0 Å². The van der Waals surface area contributed by atoms with Gasteiger partial charge in [-0.25, -0.2) is 4.79 Å². The van der Waals surface area contributed by atoms with Gasteiger partial charge in [0.1, 0.15) is 0 Å². The summed E-state index contributed by atoms with van der Waals surface area (Å²) in [5.74, 6) is -0.303. The van der Waals surface area contributed by atoms with Gasteiger partial charge in [-0.2, -0.15) is 0 Å². The first-order valence-corrected chi connectivity index (χ1v) is 5.63. The van der Waals surface area contributed by atoms with Crippen LogP contribution in [0.25, 0.3) is 0 Å². The van der Waals surface area contributed by atoms with E-state index in [1.165, 1.54) is 19.3 Å². The zero-order valence-electron chi connectivity index (χ0n) is 9.47. The van der Waals surface area contributed by atoms with Crippen LogP contribution in [0.3, 0.4) is 0 Å². The second kappa shape index (κ2) is 5.14. The molecular weight excluding hydrogens is 194 g/mol. The Bertz CT molecular complexity index is 252. The van der Waals surface area contributed by atoms with E-state index in [0.717, 1.165) is 12.8 Å². The average molecular weight is 213 g/mol. The number of amides is 2. The van der Waals surface area contributed by atoms with Crippen LogP contribution in [0.2, 0.25) is 0 Å². The van der Waals surface area contributed by atoms with Crippen molar-refractivity contribution in [1.29, 1.82) is 0 Å². The first kappa shape index (κ1) is 12.0. The largest absolute Gasteiger partial charge is 0.433 e. The molecule has 4 heteroatoms. The van der Waals surface area contributed by atoms with Crippen LogP contribution >= 0.6 is 0 Å². The Labute approximate surface area is 90.4 Å². The van der Waals surface area contributed by atoms with E-state index in [9.17, 15) is 9.59 Å². The zero-order valence-corrected chi connectivity index (χ0v) is 9.47. The summed E-state index contributed by atoms with van der Waals surface area (Å²) >= 11 is 0. The highest BCUT2D eigenvalue weighted by Crippen LogP contribution is 2.24. The molecule has 15 heavy (non-hydrogen) atoms. The number of carbonyl (C=O) groups is 2. The Morgan fingerprint density at radius 2 is 1.87 bits per heavy atom. The lowest BCUT2D eigenvalue weighted by Gasteiger charge is -2.18. The molecule has 1 heterocycles. The Hall–Kier alpha value is -1.06. The van der Waals surface area contributed by atoms with Gasteiger partial charge in [-0.3, -0.25) is 10.1 Å². The van der Waals surface area contributed by atoms with Gasteiger partial charge in [0.2, 0.25) is 0 Å². The van der Waals surface area contributed by atoms with Gasteiger partial charge in [0, 0.05) is 0 Å². The number of ether oxygens (including phenoxy) is 1. The summed E-state index contributed by atoms with van der Waals surface area (Å²) in [4.78, 5) is 22.2. The molecule has 1 N–H and O–H groups in total. The van der Waals surface area contributed by atoms with Gasteiger partial charge in [0.25, 0.3) is 5.91 Å². The number of carbonyl (C=O) groups excluding carboxylic acids is 2. The fourth-order valence-electron chi connectivity index (χ4n) is 1.73. The van der Waals surface area contributed by atoms with Crippen molar-refractivity contribution in [2.24, 2.45) is 0 Å². The summed E-state index contributed by atoms with van der Waals surface area (Å²) in [6.45, 7) is 3.83. The van der Waals surface area contributed by atoms with Gasteiger partial charge in [-0.15, -0.1) is 0 Å². The van der Waals surface area contributed by atoms with Crippen LogP contribution in [0.5, 0.6) is 0 Å². The Kier molecular flexibility index (Phi) is 4.12. The Morgan fingerprint density at radius 3 is 2.40 bits per heavy atom. The second-order valence-corrected chi connectivity index (χ2v) is 4.24. The minimum Gasteiger partial charge on any atom is -0.433 e. The molecule has 0 aromatic rings. The van der Waals surface area contributed by atoms with Crippen molar-refractivity contribution in [3.05, 3.63) is 0 Å². The molecule has 0 aromatic carbocycles. The SMILES string of the molecule is CCCCCCCC1(C)OC(=O)NC1=O. The van der Waals surface area contributed by atoms with Gasteiger partial charge in [0.15, 0.2) is 5.60 Å². The average Bonchev–Trinajstić information content (AvgIpc) is 2.41. The normalized spacial score (nSPS) is 25.2. The number of imide groups is 1. The second-order valence-electron chi connectivity index (χ2n) is 4.24. The lowest BCUT2D eigenvalue weighted by molar-refractivity contribution is -0.130.